The summed E-state index contributed by atoms with van der Waals surface area (Å²) in [5.74, 6) is -0.651. The highest BCUT2D eigenvalue weighted by molar-refractivity contribution is 8.01. The molecule has 1 aromatic carbocycles. The molecule has 108 valence electrons. The number of nitrogens with zero attached hydrogens (tertiary/aromatic N) is 2. The van der Waals surface area contributed by atoms with Gasteiger partial charge in [0.2, 0.25) is 11.8 Å². The van der Waals surface area contributed by atoms with E-state index in [0.717, 1.165) is 0 Å². The first-order valence-electron chi connectivity index (χ1n) is 6.32. The normalized spacial score (nSPS) is 22.2. The number of benzene rings is 1. The Morgan fingerprint density at radius 2 is 2.05 bits per heavy atom. The first-order valence-corrected chi connectivity index (χ1v) is 7.26. The Morgan fingerprint density at radius 3 is 2.65 bits per heavy atom. The van der Waals surface area contributed by atoms with Gasteiger partial charge in [0.05, 0.1) is 5.25 Å². The predicted octanol–water partition coefficient (Wildman–Crippen LogP) is 1.88. The molecule has 0 spiro atoms. The number of hydrogen-bond acceptors (Lipinski definition) is 3. The monoisotopic (exact) mass is 296 g/mol. The van der Waals surface area contributed by atoms with Gasteiger partial charge in [-0.15, -0.1) is 11.8 Å². The fourth-order valence-electron chi connectivity index (χ4n) is 2.04. The van der Waals surface area contributed by atoms with Gasteiger partial charge in [0, 0.05) is 19.7 Å². The maximum absolute atomic E-state index is 13.9. The van der Waals surface area contributed by atoms with Crippen molar-refractivity contribution in [1.29, 1.82) is 0 Å². The van der Waals surface area contributed by atoms with E-state index in [2.05, 4.69) is 0 Å². The molecule has 0 aromatic heterocycles. The zero-order valence-electron chi connectivity index (χ0n) is 11.7. The zero-order valence-corrected chi connectivity index (χ0v) is 12.5. The first-order chi connectivity index (χ1) is 9.41. The molecule has 1 aliphatic heterocycles. The van der Waals surface area contributed by atoms with Crippen LogP contribution in [0.3, 0.4) is 0 Å². The second kappa shape index (κ2) is 5.83. The maximum Gasteiger partial charge on any atom is 0.241 e. The van der Waals surface area contributed by atoms with Crippen molar-refractivity contribution in [3.63, 3.8) is 0 Å². The van der Waals surface area contributed by atoms with Crippen LogP contribution in [0.1, 0.15) is 17.9 Å². The zero-order chi connectivity index (χ0) is 14.9. The lowest BCUT2D eigenvalue weighted by atomic mass is 10.2. The standard InChI is InChI=1S/C14H17FN2O2S/c1-9-13(19)17(8-12(18)16(2)3)14(20-9)10-6-4-5-7-11(10)15/h4-7,9,14H,8H2,1-3H3. The van der Waals surface area contributed by atoms with Crippen LogP contribution in [0.25, 0.3) is 0 Å². The molecule has 2 unspecified atom stereocenters. The van der Waals surface area contributed by atoms with Crippen LogP contribution in [0.5, 0.6) is 0 Å². The molecule has 1 saturated heterocycles. The number of amides is 2. The van der Waals surface area contributed by atoms with Gasteiger partial charge in [-0.05, 0) is 13.0 Å². The van der Waals surface area contributed by atoms with E-state index in [1.54, 1.807) is 39.2 Å². The fourth-order valence-corrected chi connectivity index (χ4v) is 3.34. The number of carbonyl (C=O) groups excluding carboxylic acids is 2. The van der Waals surface area contributed by atoms with Gasteiger partial charge in [-0.25, -0.2) is 4.39 Å². The van der Waals surface area contributed by atoms with E-state index < -0.39 is 5.37 Å². The van der Waals surface area contributed by atoms with E-state index in [9.17, 15) is 14.0 Å². The summed E-state index contributed by atoms with van der Waals surface area (Å²) in [5.41, 5.74) is 0.446. The molecule has 4 nitrogen and oxygen atoms in total. The van der Waals surface area contributed by atoms with Crippen molar-refractivity contribution in [2.45, 2.75) is 17.5 Å². The largest absolute Gasteiger partial charge is 0.347 e. The summed E-state index contributed by atoms with van der Waals surface area (Å²) in [6, 6.07) is 6.37. The second-order valence-electron chi connectivity index (χ2n) is 4.91. The molecule has 0 aliphatic carbocycles. The van der Waals surface area contributed by atoms with E-state index in [1.807, 2.05) is 0 Å². The topological polar surface area (TPSA) is 40.6 Å². The Labute approximate surface area is 121 Å². The summed E-state index contributed by atoms with van der Waals surface area (Å²) in [5, 5.41) is -0.711. The van der Waals surface area contributed by atoms with E-state index in [0.29, 0.717) is 5.56 Å². The van der Waals surface area contributed by atoms with E-state index in [1.165, 1.54) is 27.6 Å². The summed E-state index contributed by atoms with van der Waals surface area (Å²) in [6.45, 7) is 1.75. The summed E-state index contributed by atoms with van der Waals surface area (Å²) >= 11 is 1.37. The highest BCUT2D eigenvalue weighted by Crippen LogP contribution is 2.43. The van der Waals surface area contributed by atoms with Gasteiger partial charge in [0.1, 0.15) is 17.7 Å². The van der Waals surface area contributed by atoms with Crippen molar-refractivity contribution < 1.29 is 14.0 Å². The summed E-state index contributed by atoms with van der Waals surface area (Å²) in [4.78, 5) is 26.9. The summed E-state index contributed by atoms with van der Waals surface area (Å²) in [6.07, 6.45) is 0. The van der Waals surface area contributed by atoms with Crippen LogP contribution in [-0.4, -0.2) is 47.5 Å². The van der Waals surface area contributed by atoms with Crippen molar-refractivity contribution in [2.75, 3.05) is 20.6 Å². The van der Waals surface area contributed by atoms with Gasteiger partial charge in [-0.1, -0.05) is 18.2 Å². The van der Waals surface area contributed by atoms with Crippen LogP contribution >= 0.6 is 11.8 Å². The number of thioether (sulfide) groups is 1. The van der Waals surface area contributed by atoms with E-state index in [-0.39, 0.29) is 29.4 Å². The van der Waals surface area contributed by atoms with E-state index >= 15 is 0 Å². The molecule has 0 bridgehead atoms. The lowest BCUT2D eigenvalue weighted by Crippen LogP contribution is -2.39. The van der Waals surface area contributed by atoms with Gasteiger partial charge in [-0.2, -0.15) is 0 Å². The van der Waals surface area contributed by atoms with Gasteiger partial charge < -0.3 is 9.80 Å². The third-order valence-electron chi connectivity index (χ3n) is 3.22. The Balaban J connectivity index is 2.29. The van der Waals surface area contributed by atoms with Crippen molar-refractivity contribution in [3.8, 4) is 0 Å². The number of likely N-dealkylation sites (N-methyl/N-ethyl adjacent to an activating group) is 1. The SMILES string of the molecule is CC1SC(c2ccccc2F)N(CC(=O)N(C)C)C1=O. The van der Waals surface area contributed by atoms with Gasteiger partial charge in [0.15, 0.2) is 0 Å². The fraction of sp³-hybridized carbons (Fsp3) is 0.429. The first kappa shape index (κ1) is 14.8. The molecule has 0 N–H and O–H groups in total. The summed E-state index contributed by atoms with van der Waals surface area (Å²) in [7, 11) is 3.27. The van der Waals surface area contributed by atoms with Gasteiger partial charge in [0.25, 0.3) is 0 Å². The highest BCUT2D eigenvalue weighted by atomic mass is 32.2. The van der Waals surface area contributed by atoms with Gasteiger partial charge in [-0.3, -0.25) is 9.59 Å². The lowest BCUT2D eigenvalue weighted by Gasteiger charge is -2.25. The third kappa shape index (κ3) is 2.80. The molecule has 1 aliphatic rings. The molecule has 1 heterocycles. The smallest absolute Gasteiger partial charge is 0.241 e. The van der Waals surface area contributed by atoms with Crippen molar-refractivity contribution in [2.24, 2.45) is 0 Å². The van der Waals surface area contributed by atoms with E-state index in [4.69, 9.17) is 0 Å². The lowest BCUT2D eigenvalue weighted by molar-refractivity contribution is -0.138. The van der Waals surface area contributed by atoms with Crippen molar-refractivity contribution in [3.05, 3.63) is 35.6 Å². The highest BCUT2D eigenvalue weighted by Gasteiger charge is 2.40. The Bertz CT molecular complexity index is 536. The molecular formula is C14H17FN2O2S. The quantitative estimate of drug-likeness (QED) is 0.855. The number of rotatable bonds is 3. The minimum atomic E-state index is -0.442. The molecule has 2 amide bonds. The molecule has 0 radical (unpaired) electrons. The molecule has 1 fully saturated rings. The molecule has 1 aromatic rings. The van der Waals surface area contributed by atoms with Crippen LogP contribution < -0.4 is 0 Å². The summed E-state index contributed by atoms with van der Waals surface area (Å²) < 4.78 is 13.9. The molecule has 6 heteroatoms. The van der Waals surface area contributed by atoms with Crippen LogP contribution in [0, 0.1) is 5.82 Å². The van der Waals surface area contributed by atoms with Gasteiger partial charge >= 0.3 is 0 Å². The molecule has 0 saturated carbocycles. The molecule has 2 atom stereocenters. The van der Waals surface area contributed by atoms with Crippen LogP contribution in [-0.2, 0) is 9.59 Å². The second-order valence-corrected chi connectivity index (χ2v) is 6.33. The number of carbonyl (C=O) groups is 2. The molecular weight excluding hydrogens is 279 g/mol. The predicted molar refractivity (Wildman–Crippen MR) is 76.6 cm³/mol. The number of hydrogen-bond donors (Lipinski definition) is 0. The minimum absolute atomic E-state index is 0.0256. The van der Waals surface area contributed by atoms with Crippen LogP contribution in [0.2, 0.25) is 0 Å². The molecule has 2 rings (SSSR count). The number of halogens is 1. The third-order valence-corrected chi connectivity index (χ3v) is 4.60. The average Bonchev–Trinajstić information content (AvgIpc) is 2.67. The maximum atomic E-state index is 13.9. The Kier molecular flexibility index (Phi) is 4.32. The van der Waals surface area contributed by atoms with Crippen LogP contribution in [0.4, 0.5) is 4.39 Å². The van der Waals surface area contributed by atoms with Crippen molar-refractivity contribution >= 4 is 23.6 Å². The van der Waals surface area contributed by atoms with Crippen LogP contribution in [0.15, 0.2) is 24.3 Å². The Morgan fingerprint density at radius 1 is 1.40 bits per heavy atom. The Hall–Kier alpha value is -1.56. The minimum Gasteiger partial charge on any atom is -0.347 e. The molecule has 20 heavy (non-hydrogen) atoms. The van der Waals surface area contributed by atoms with Crippen molar-refractivity contribution in [1.82, 2.24) is 9.80 Å². The average molecular weight is 296 g/mol.